The fraction of sp³-hybridized carbons (Fsp3) is 0.333. The third kappa shape index (κ3) is 2.88. The molecule has 1 aromatic rings. The van der Waals surface area contributed by atoms with Gasteiger partial charge in [0.05, 0.1) is 28.8 Å². The first-order chi connectivity index (χ1) is 8.93. The summed E-state index contributed by atoms with van der Waals surface area (Å²) in [6.07, 6.45) is 0.246. The van der Waals surface area contributed by atoms with Gasteiger partial charge in [-0.2, -0.15) is 0 Å². The lowest BCUT2D eigenvalue weighted by Gasteiger charge is -2.19. The molecule has 1 saturated heterocycles. The number of esters is 1. The van der Waals surface area contributed by atoms with E-state index in [1.165, 1.54) is 12.0 Å². The monoisotopic (exact) mass is 365 g/mol. The van der Waals surface area contributed by atoms with E-state index in [1.807, 2.05) is 0 Å². The number of alkyl halides is 1. The molecule has 102 valence electrons. The molecule has 1 atom stereocenters. The molecule has 0 N–H and O–H groups in total. The van der Waals surface area contributed by atoms with Gasteiger partial charge in [-0.3, -0.25) is 4.79 Å². The smallest absolute Gasteiger partial charge is 0.340 e. The van der Waals surface area contributed by atoms with Crippen molar-refractivity contribution in [3.05, 3.63) is 27.2 Å². The summed E-state index contributed by atoms with van der Waals surface area (Å²) in [6, 6.07) is 3.10. The van der Waals surface area contributed by atoms with Crippen LogP contribution in [0.4, 0.5) is 5.69 Å². The lowest BCUT2D eigenvalue weighted by atomic mass is 10.1. The third-order valence-electron chi connectivity index (χ3n) is 2.81. The number of carbonyl (C=O) groups excluding carboxylic acids is 2. The number of halogens is 3. The van der Waals surface area contributed by atoms with Crippen molar-refractivity contribution in [2.75, 3.05) is 18.6 Å². The zero-order chi connectivity index (χ0) is 14.2. The highest BCUT2D eigenvalue weighted by Crippen LogP contribution is 2.34. The SMILES string of the molecule is COC(=O)c1cc(Br)c(Cl)cc1N1CC(Cl)CC1=O. The molecule has 1 aromatic carbocycles. The quantitative estimate of drug-likeness (QED) is 0.596. The van der Waals surface area contributed by atoms with Crippen LogP contribution in [0.25, 0.3) is 0 Å². The van der Waals surface area contributed by atoms with Crippen LogP contribution in [0.3, 0.4) is 0 Å². The minimum absolute atomic E-state index is 0.136. The van der Waals surface area contributed by atoms with E-state index in [4.69, 9.17) is 27.9 Å². The number of ether oxygens (including phenoxy) is 1. The second-order valence-corrected chi connectivity index (χ2v) is 5.96. The van der Waals surface area contributed by atoms with Crippen molar-refractivity contribution >= 4 is 56.7 Å². The number of nitrogens with zero attached hydrogens (tertiary/aromatic N) is 1. The van der Waals surface area contributed by atoms with Crippen molar-refractivity contribution in [2.45, 2.75) is 11.8 Å². The molecule has 0 aromatic heterocycles. The topological polar surface area (TPSA) is 46.6 Å². The van der Waals surface area contributed by atoms with Crippen LogP contribution in [0.15, 0.2) is 16.6 Å². The van der Waals surface area contributed by atoms with Gasteiger partial charge in [0.1, 0.15) is 0 Å². The number of anilines is 1. The molecule has 1 heterocycles. The summed E-state index contributed by atoms with van der Waals surface area (Å²) in [6.45, 7) is 0.350. The van der Waals surface area contributed by atoms with Crippen LogP contribution in [0.2, 0.25) is 5.02 Å². The number of methoxy groups -OCH3 is 1. The van der Waals surface area contributed by atoms with Gasteiger partial charge in [-0.05, 0) is 28.1 Å². The predicted octanol–water partition coefficient (Wildman–Crippen LogP) is 3.23. The molecule has 4 nitrogen and oxygen atoms in total. The Morgan fingerprint density at radius 2 is 2.21 bits per heavy atom. The van der Waals surface area contributed by atoms with Crippen molar-refractivity contribution in [2.24, 2.45) is 0 Å². The molecule has 0 aliphatic carbocycles. The minimum atomic E-state index is -0.529. The van der Waals surface area contributed by atoms with Crippen LogP contribution in [-0.4, -0.2) is 30.9 Å². The summed E-state index contributed by atoms with van der Waals surface area (Å²) in [4.78, 5) is 25.1. The summed E-state index contributed by atoms with van der Waals surface area (Å²) in [7, 11) is 1.28. The molecule has 19 heavy (non-hydrogen) atoms. The van der Waals surface area contributed by atoms with Crippen LogP contribution in [-0.2, 0) is 9.53 Å². The first kappa shape index (κ1) is 14.6. The van der Waals surface area contributed by atoms with Gasteiger partial charge in [0.2, 0.25) is 5.91 Å². The summed E-state index contributed by atoms with van der Waals surface area (Å²) in [5.74, 6) is -0.665. The Balaban J connectivity index is 2.52. The second kappa shape index (κ2) is 5.69. The maximum atomic E-state index is 11.9. The number of hydrogen-bond donors (Lipinski definition) is 0. The lowest BCUT2D eigenvalue weighted by Crippen LogP contribution is -2.27. The second-order valence-electron chi connectivity index (χ2n) is 4.08. The Morgan fingerprint density at radius 3 is 2.74 bits per heavy atom. The van der Waals surface area contributed by atoms with Crippen LogP contribution < -0.4 is 4.90 Å². The molecule has 0 radical (unpaired) electrons. The van der Waals surface area contributed by atoms with E-state index in [-0.39, 0.29) is 23.3 Å². The first-order valence-corrected chi connectivity index (χ1v) is 7.06. The molecular formula is C12H10BrCl2NO3. The van der Waals surface area contributed by atoms with Crippen molar-refractivity contribution in [3.8, 4) is 0 Å². The van der Waals surface area contributed by atoms with E-state index in [2.05, 4.69) is 15.9 Å². The van der Waals surface area contributed by atoms with Crippen LogP contribution >= 0.6 is 39.1 Å². The highest BCUT2D eigenvalue weighted by molar-refractivity contribution is 9.10. The van der Waals surface area contributed by atoms with E-state index < -0.39 is 5.97 Å². The van der Waals surface area contributed by atoms with Gasteiger partial charge in [-0.1, -0.05) is 11.6 Å². The Labute approximate surface area is 128 Å². The molecule has 1 amide bonds. The zero-order valence-corrected chi connectivity index (χ0v) is 13.0. The molecule has 2 rings (SSSR count). The summed E-state index contributed by atoms with van der Waals surface area (Å²) < 4.78 is 5.28. The van der Waals surface area contributed by atoms with Crippen molar-refractivity contribution in [1.82, 2.24) is 0 Å². The normalized spacial score (nSPS) is 18.8. The molecule has 0 bridgehead atoms. The number of amides is 1. The van der Waals surface area contributed by atoms with Gasteiger partial charge in [0.25, 0.3) is 0 Å². The molecule has 1 unspecified atom stereocenters. The van der Waals surface area contributed by atoms with Crippen molar-refractivity contribution in [3.63, 3.8) is 0 Å². The number of rotatable bonds is 2. The molecule has 0 saturated carbocycles. The third-order valence-corrected chi connectivity index (χ3v) is 4.30. The maximum absolute atomic E-state index is 11.9. The van der Waals surface area contributed by atoms with Crippen LogP contribution in [0.5, 0.6) is 0 Å². The molecule has 1 fully saturated rings. The van der Waals surface area contributed by atoms with E-state index >= 15 is 0 Å². The van der Waals surface area contributed by atoms with Crippen LogP contribution in [0, 0.1) is 0 Å². The highest BCUT2D eigenvalue weighted by atomic mass is 79.9. The van der Waals surface area contributed by atoms with Crippen LogP contribution in [0.1, 0.15) is 16.8 Å². The fourth-order valence-corrected chi connectivity index (χ4v) is 2.70. The van der Waals surface area contributed by atoms with E-state index in [0.29, 0.717) is 21.7 Å². The highest BCUT2D eigenvalue weighted by Gasteiger charge is 2.32. The predicted molar refractivity (Wildman–Crippen MR) is 77.1 cm³/mol. The van der Waals surface area contributed by atoms with Crippen molar-refractivity contribution in [1.29, 1.82) is 0 Å². The summed E-state index contributed by atoms with van der Waals surface area (Å²) >= 11 is 15.2. The standard InChI is InChI=1S/C12H10BrCl2NO3/c1-19-12(18)7-3-8(13)9(15)4-10(7)16-5-6(14)2-11(16)17/h3-4,6H,2,5H2,1H3. The zero-order valence-electron chi connectivity index (χ0n) is 9.95. The molecular weight excluding hydrogens is 357 g/mol. The first-order valence-electron chi connectivity index (χ1n) is 5.45. The van der Waals surface area contributed by atoms with E-state index in [0.717, 1.165) is 0 Å². The fourth-order valence-electron chi connectivity index (χ4n) is 1.93. The molecule has 7 heteroatoms. The Kier molecular flexibility index (Phi) is 4.38. The summed E-state index contributed by atoms with van der Waals surface area (Å²) in [5.41, 5.74) is 0.700. The average Bonchev–Trinajstić information content (AvgIpc) is 2.70. The molecule has 1 aliphatic rings. The largest absolute Gasteiger partial charge is 0.465 e. The van der Waals surface area contributed by atoms with Gasteiger partial charge in [-0.25, -0.2) is 4.79 Å². The molecule has 1 aliphatic heterocycles. The number of hydrogen-bond acceptors (Lipinski definition) is 3. The van der Waals surface area contributed by atoms with E-state index in [9.17, 15) is 9.59 Å². The summed E-state index contributed by atoms with van der Waals surface area (Å²) in [5, 5.41) is 0.147. The minimum Gasteiger partial charge on any atom is -0.465 e. The Bertz CT molecular complexity index is 550. The maximum Gasteiger partial charge on any atom is 0.340 e. The lowest BCUT2D eigenvalue weighted by molar-refractivity contribution is -0.117. The van der Waals surface area contributed by atoms with Gasteiger partial charge in [0.15, 0.2) is 0 Å². The molecule has 0 spiro atoms. The number of benzene rings is 1. The van der Waals surface area contributed by atoms with Gasteiger partial charge in [-0.15, -0.1) is 11.6 Å². The van der Waals surface area contributed by atoms with Gasteiger partial charge in [0, 0.05) is 17.4 Å². The Hall–Kier alpha value is -0.780. The van der Waals surface area contributed by atoms with Crippen molar-refractivity contribution < 1.29 is 14.3 Å². The average molecular weight is 367 g/mol. The van der Waals surface area contributed by atoms with E-state index in [1.54, 1.807) is 12.1 Å². The Morgan fingerprint density at radius 1 is 1.53 bits per heavy atom. The van der Waals surface area contributed by atoms with Gasteiger partial charge >= 0.3 is 5.97 Å². The number of carbonyl (C=O) groups is 2. The van der Waals surface area contributed by atoms with Gasteiger partial charge < -0.3 is 9.64 Å².